The van der Waals surface area contributed by atoms with E-state index in [2.05, 4.69) is 37.0 Å². The van der Waals surface area contributed by atoms with E-state index in [9.17, 15) is 9.90 Å². The van der Waals surface area contributed by atoms with Crippen molar-refractivity contribution in [1.29, 1.82) is 0 Å². The Morgan fingerprint density at radius 2 is 1.96 bits per heavy atom. The summed E-state index contributed by atoms with van der Waals surface area (Å²) in [5.74, 6) is -0.421. The average Bonchev–Trinajstić information content (AvgIpc) is 2.61. The fraction of sp³-hybridized carbons (Fsp3) is 0.200. The molecule has 0 atom stereocenters. The number of oxime groups is 1. The zero-order valence-electron chi connectivity index (χ0n) is 14.9. The molecule has 0 radical (unpaired) electrons. The molecule has 7 heteroatoms. The van der Waals surface area contributed by atoms with Crippen molar-refractivity contribution in [2.75, 3.05) is 6.61 Å². The number of rotatable bonds is 8. The first-order chi connectivity index (χ1) is 12.9. The summed E-state index contributed by atoms with van der Waals surface area (Å²) in [7, 11) is 0. The van der Waals surface area contributed by atoms with E-state index in [1.807, 2.05) is 43.3 Å². The fourth-order valence-corrected chi connectivity index (χ4v) is 2.94. The molecule has 0 saturated heterocycles. The lowest BCUT2D eigenvalue weighted by molar-refractivity contribution is -0.129. The Labute approximate surface area is 174 Å². The topological polar surface area (TPSA) is 68.1 Å². The quantitative estimate of drug-likeness (QED) is 0.387. The largest absolute Gasteiger partial charge is 0.489 e. The summed E-state index contributed by atoms with van der Waals surface area (Å²) in [5, 5.41) is 13.2. The van der Waals surface area contributed by atoms with Gasteiger partial charge in [0.05, 0.1) is 3.39 Å². The highest BCUT2D eigenvalue weighted by Gasteiger charge is 2.17. The summed E-state index contributed by atoms with van der Waals surface area (Å²) in [6.07, 6.45) is 1.94. The van der Waals surface area contributed by atoms with Gasteiger partial charge in [-0.15, -0.1) is 0 Å². The number of aliphatic carboxylic acids is 1. The summed E-state index contributed by atoms with van der Waals surface area (Å²) >= 11 is 6.69. The predicted octanol–water partition coefficient (Wildman–Crippen LogP) is 5.49. The summed E-state index contributed by atoms with van der Waals surface area (Å²) in [6.45, 7) is 4.21. The van der Waals surface area contributed by atoms with E-state index >= 15 is 0 Å². The molecule has 0 heterocycles. The minimum atomic E-state index is -1.15. The third-order valence-corrected chi connectivity index (χ3v) is 4.08. The first kappa shape index (κ1) is 21.2. The molecule has 2 aromatic carbocycles. The Morgan fingerprint density at radius 1 is 1.22 bits per heavy atom. The number of carbonyl (C=O) groups is 1. The number of carboxylic acid groups (broad SMARTS) is 1. The maximum absolute atomic E-state index is 11.5. The van der Waals surface area contributed by atoms with Crippen LogP contribution in [0, 0.1) is 6.92 Å². The van der Waals surface area contributed by atoms with Crippen molar-refractivity contribution >= 4 is 49.6 Å². The Hall–Kier alpha value is -2.12. The van der Waals surface area contributed by atoms with Gasteiger partial charge in [0.25, 0.3) is 0 Å². The first-order valence-corrected chi connectivity index (χ1v) is 9.78. The second kappa shape index (κ2) is 10.3. The van der Waals surface area contributed by atoms with E-state index in [0.717, 1.165) is 20.3 Å². The third kappa shape index (κ3) is 6.22. The van der Waals surface area contributed by atoms with Gasteiger partial charge in [0.2, 0.25) is 0 Å². The number of nitrogens with zero attached hydrogens (tertiary/aromatic N) is 1. The molecule has 2 rings (SSSR count). The molecule has 0 fully saturated rings. The van der Waals surface area contributed by atoms with E-state index in [1.165, 1.54) is 0 Å². The molecule has 0 aromatic heterocycles. The molecule has 142 valence electrons. The number of ether oxygens (including phenoxy) is 1. The molecule has 0 unspecified atom stereocenters. The number of carboxylic acids is 1. The maximum Gasteiger partial charge on any atom is 0.358 e. The Morgan fingerprint density at radius 3 is 2.59 bits per heavy atom. The maximum atomic E-state index is 11.5. The highest BCUT2D eigenvalue weighted by atomic mass is 79.9. The molecule has 0 bridgehead atoms. The van der Waals surface area contributed by atoms with Crippen LogP contribution in [0.25, 0.3) is 6.08 Å². The minimum absolute atomic E-state index is 0.143. The molecule has 27 heavy (non-hydrogen) atoms. The Balaban J connectivity index is 2.24. The second-order valence-electron chi connectivity index (χ2n) is 5.57. The highest BCUT2D eigenvalue weighted by molar-refractivity contribution is 9.28. The van der Waals surface area contributed by atoms with Crippen LogP contribution in [-0.2, 0) is 16.2 Å². The molecule has 0 amide bonds. The van der Waals surface area contributed by atoms with E-state index in [4.69, 9.17) is 9.57 Å². The molecule has 0 aliphatic heterocycles. The van der Waals surface area contributed by atoms with Gasteiger partial charge in [-0.2, -0.15) is 0 Å². The molecular formula is C20H19Br2NO4. The van der Waals surface area contributed by atoms with E-state index in [1.54, 1.807) is 19.1 Å². The Bertz CT molecular complexity index is 874. The Kier molecular flexibility index (Phi) is 8.06. The van der Waals surface area contributed by atoms with Crippen molar-refractivity contribution < 1.29 is 19.5 Å². The fourth-order valence-electron chi connectivity index (χ4n) is 2.42. The highest BCUT2D eigenvalue weighted by Crippen LogP contribution is 2.25. The third-order valence-electron chi connectivity index (χ3n) is 3.62. The molecule has 5 nitrogen and oxygen atoms in total. The zero-order valence-corrected chi connectivity index (χ0v) is 18.1. The van der Waals surface area contributed by atoms with Gasteiger partial charge >= 0.3 is 5.97 Å². The molecule has 1 N–H and O–H groups in total. The number of halogens is 2. The van der Waals surface area contributed by atoms with Gasteiger partial charge in [-0.1, -0.05) is 35.5 Å². The average molecular weight is 497 g/mol. The van der Waals surface area contributed by atoms with Crippen molar-refractivity contribution in [3.8, 4) is 5.75 Å². The molecule has 0 saturated carbocycles. The summed E-state index contributed by atoms with van der Waals surface area (Å²) in [5.41, 5.74) is 3.05. The molecule has 0 spiro atoms. The SMILES string of the molecule is CCO/N=C(/C(=O)O)c1ccccc1COc1ccc(C=C(Br)Br)cc1C. The van der Waals surface area contributed by atoms with Gasteiger partial charge < -0.3 is 14.7 Å². The lowest BCUT2D eigenvalue weighted by atomic mass is 10.0. The van der Waals surface area contributed by atoms with Crippen molar-refractivity contribution in [2.24, 2.45) is 5.16 Å². The smallest absolute Gasteiger partial charge is 0.358 e. The summed E-state index contributed by atoms with van der Waals surface area (Å²) in [6, 6.07) is 12.9. The van der Waals surface area contributed by atoms with Crippen molar-refractivity contribution in [1.82, 2.24) is 0 Å². The van der Waals surface area contributed by atoms with Crippen LogP contribution < -0.4 is 4.74 Å². The molecule has 2 aromatic rings. The van der Waals surface area contributed by atoms with E-state index in [-0.39, 0.29) is 12.3 Å². The monoisotopic (exact) mass is 495 g/mol. The van der Waals surface area contributed by atoms with Gasteiger partial charge in [-0.05, 0) is 80.6 Å². The van der Waals surface area contributed by atoms with Crippen LogP contribution in [0.4, 0.5) is 0 Å². The number of hydrogen-bond acceptors (Lipinski definition) is 4. The van der Waals surface area contributed by atoms with Crippen LogP contribution in [0.5, 0.6) is 5.75 Å². The first-order valence-electron chi connectivity index (χ1n) is 8.20. The van der Waals surface area contributed by atoms with E-state index in [0.29, 0.717) is 17.7 Å². The van der Waals surface area contributed by atoms with Crippen LogP contribution >= 0.6 is 31.9 Å². The molecular weight excluding hydrogens is 478 g/mol. The molecule has 0 aliphatic carbocycles. The van der Waals surface area contributed by atoms with Crippen LogP contribution in [0.15, 0.2) is 51.0 Å². The summed E-state index contributed by atoms with van der Waals surface area (Å²) < 4.78 is 6.78. The zero-order chi connectivity index (χ0) is 19.8. The van der Waals surface area contributed by atoms with Gasteiger partial charge in [0.15, 0.2) is 5.71 Å². The van der Waals surface area contributed by atoms with Crippen LogP contribution in [0.1, 0.15) is 29.2 Å². The summed E-state index contributed by atoms with van der Waals surface area (Å²) in [4.78, 5) is 16.5. The van der Waals surface area contributed by atoms with Crippen LogP contribution in [0.3, 0.4) is 0 Å². The standard InChI is InChI=1S/C20H19Br2NO4/c1-3-27-23-19(20(24)25)16-7-5-4-6-15(16)12-26-17-9-8-14(10-13(17)2)11-18(21)22/h4-11H,3,12H2,1-2H3,(H,24,25)/b23-19+. The number of aryl methyl sites for hydroxylation is 1. The predicted molar refractivity (Wildman–Crippen MR) is 114 cm³/mol. The van der Waals surface area contributed by atoms with E-state index < -0.39 is 5.97 Å². The van der Waals surface area contributed by atoms with Gasteiger partial charge in [-0.25, -0.2) is 4.79 Å². The molecule has 0 aliphatic rings. The number of benzene rings is 2. The lowest BCUT2D eigenvalue weighted by Gasteiger charge is -2.13. The second-order valence-corrected chi connectivity index (χ2v) is 8.34. The van der Waals surface area contributed by atoms with Gasteiger partial charge in [0, 0.05) is 5.56 Å². The lowest BCUT2D eigenvalue weighted by Crippen LogP contribution is -2.18. The van der Waals surface area contributed by atoms with Gasteiger partial charge in [0.1, 0.15) is 19.0 Å². The van der Waals surface area contributed by atoms with Crippen LogP contribution in [0.2, 0.25) is 0 Å². The van der Waals surface area contributed by atoms with Gasteiger partial charge in [-0.3, -0.25) is 0 Å². The van der Waals surface area contributed by atoms with Crippen molar-refractivity contribution in [2.45, 2.75) is 20.5 Å². The van der Waals surface area contributed by atoms with Crippen LogP contribution in [-0.4, -0.2) is 23.4 Å². The minimum Gasteiger partial charge on any atom is -0.489 e. The normalized spacial score (nSPS) is 11.0. The van der Waals surface area contributed by atoms with Crippen molar-refractivity contribution in [3.05, 3.63) is 68.1 Å². The number of hydrogen-bond donors (Lipinski definition) is 1. The van der Waals surface area contributed by atoms with Crippen molar-refractivity contribution in [3.63, 3.8) is 0 Å².